The zero-order valence-electron chi connectivity index (χ0n) is 10.2. The van der Waals surface area contributed by atoms with Crippen molar-refractivity contribution in [3.8, 4) is 11.4 Å². The van der Waals surface area contributed by atoms with Crippen LogP contribution < -0.4 is 11.3 Å². The van der Waals surface area contributed by atoms with Crippen molar-refractivity contribution in [2.45, 2.75) is 27.2 Å². The van der Waals surface area contributed by atoms with Gasteiger partial charge in [0.15, 0.2) is 5.82 Å². The first-order valence-corrected chi connectivity index (χ1v) is 5.56. The molecule has 0 amide bonds. The third-order valence-electron chi connectivity index (χ3n) is 2.80. The van der Waals surface area contributed by atoms with Crippen molar-refractivity contribution in [2.75, 3.05) is 5.43 Å². The Kier molecular flexibility index (Phi) is 3.10. The summed E-state index contributed by atoms with van der Waals surface area (Å²) in [5.41, 5.74) is 5.50. The van der Waals surface area contributed by atoms with E-state index in [0.29, 0.717) is 11.6 Å². The quantitative estimate of drug-likeness (QED) is 0.626. The van der Waals surface area contributed by atoms with Gasteiger partial charge in [-0.3, -0.25) is 0 Å². The van der Waals surface area contributed by atoms with Gasteiger partial charge in [0.25, 0.3) is 0 Å². The predicted molar refractivity (Wildman–Crippen MR) is 66.4 cm³/mol. The molecule has 0 aliphatic carbocycles. The van der Waals surface area contributed by atoms with E-state index >= 15 is 0 Å². The number of anilines is 1. The maximum absolute atomic E-state index is 5.49. The summed E-state index contributed by atoms with van der Waals surface area (Å²) in [7, 11) is 0. The van der Waals surface area contributed by atoms with Gasteiger partial charge in [-0.25, -0.2) is 15.8 Å². The molecule has 90 valence electrons. The minimum atomic E-state index is 0.638. The van der Waals surface area contributed by atoms with Crippen LogP contribution in [0, 0.1) is 13.8 Å². The van der Waals surface area contributed by atoms with Crippen LogP contribution in [0.15, 0.2) is 16.7 Å². The molecule has 0 unspecified atom stereocenters. The summed E-state index contributed by atoms with van der Waals surface area (Å²) >= 11 is 0. The smallest absolute Gasteiger partial charge is 0.165 e. The molecule has 0 aliphatic rings. The number of nitrogen functional groups attached to an aromatic ring is 1. The Hall–Kier alpha value is -1.88. The Morgan fingerprint density at radius 3 is 2.65 bits per heavy atom. The van der Waals surface area contributed by atoms with E-state index in [1.807, 2.05) is 19.9 Å². The Bertz CT molecular complexity index is 533. The lowest BCUT2D eigenvalue weighted by Crippen LogP contribution is -2.13. The number of rotatable bonds is 3. The summed E-state index contributed by atoms with van der Waals surface area (Å²) < 4.78 is 5.26. The fraction of sp³-hybridized carbons (Fsp3) is 0.333. The molecule has 0 aromatic carbocycles. The lowest BCUT2D eigenvalue weighted by Gasteiger charge is -2.10. The largest absolute Gasteiger partial charge is 0.469 e. The van der Waals surface area contributed by atoms with Gasteiger partial charge in [0.05, 0.1) is 11.8 Å². The van der Waals surface area contributed by atoms with Crippen molar-refractivity contribution < 1.29 is 4.42 Å². The van der Waals surface area contributed by atoms with Crippen LogP contribution in [0.3, 0.4) is 0 Å². The molecule has 3 N–H and O–H groups in total. The SMILES string of the molecule is CCc1c(C)nc(-c2ccoc2C)nc1NN. The summed E-state index contributed by atoms with van der Waals surface area (Å²) in [4.78, 5) is 8.91. The van der Waals surface area contributed by atoms with E-state index < -0.39 is 0 Å². The molecular formula is C12H16N4O. The van der Waals surface area contributed by atoms with Crippen molar-refractivity contribution in [3.63, 3.8) is 0 Å². The van der Waals surface area contributed by atoms with Crippen molar-refractivity contribution in [2.24, 2.45) is 5.84 Å². The van der Waals surface area contributed by atoms with Gasteiger partial charge >= 0.3 is 0 Å². The Morgan fingerprint density at radius 1 is 1.35 bits per heavy atom. The third kappa shape index (κ3) is 2.01. The summed E-state index contributed by atoms with van der Waals surface area (Å²) in [5, 5.41) is 0. The number of nitrogens with one attached hydrogen (secondary N) is 1. The molecule has 0 atom stereocenters. The molecule has 5 heteroatoms. The van der Waals surface area contributed by atoms with Crippen LogP contribution in [0.4, 0.5) is 5.82 Å². The second-order valence-corrected chi connectivity index (χ2v) is 3.85. The molecule has 0 saturated heterocycles. The first-order valence-electron chi connectivity index (χ1n) is 5.56. The molecule has 2 aromatic heterocycles. The molecular weight excluding hydrogens is 216 g/mol. The molecule has 0 fully saturated rings. The van der Waals surface area contributed by atoms with Crippen LogP contribution in [-0.4, -0.2) is 9.97 Å². The maximum Gasteiger partial charge on any atom is 0.165 e. The number of hydrogen-bond acceptors (Lipinski definition) is 5. The Morgan fingerprint density at radius 2 is 2.12 bits per heavy atom. The van der Waals surface area contributed by atoms with Gasteiger partial charge in [-0.1, -0.05) is 6.92 Å². The summed E-state index contributed by atoms with van der Waals surface area (Å²) in [6.45, 7) is 5.90. The van der Waals surface area contributed by atoms with Gasteiger partial charge < -0.3 is 9.84 Å². The van der Waals surface area contributed by atoms with E-state index in [2.05, 4.69) is 22.3 Å². The van der Waals surface area contributed by atoms with Crippen LogP contribution in [0.25, 0.3) is 11.4 Å². The third-order valence-corrected chi connectivity index (χ3v) is 2.80. The molecule has 17 heavy (non-hydrogen) atoms. The number of aryl methyl sites for hydroxylation is 2. The molecule has 5 nitrogen and oxygen atoms in total. The van der Waals surface area contributed by atoms with Crippen molar-refractivity contribution in [3.05, 3.63) is 29.3 Å². The fourth-order valence-corrected chi connectivity index (χ4v) is 1.88. The van der Waals surface area contributed by atoms with Crippen molar-refractivity contribution in [1.82, 2.24) is 9.97 Å². The molecule has 2 heterocycles. The van der Waals surface area contributed by atoms with Gasteiger partial charge in [-0.05, 0) is 26.3 Å². The van der Waals surface area contributed by atoms with Crippen LogP contribution in [-0.2, 0) is 6.42 Å². The van der Waals surface area contributed by atoms with E-state index in [1.165, 1.54) is 0 Å². The standard InChI is InChI=1S/C12H16N4O/c1-4-9-7(2)14-11(15-12(9)16-13)10-5-6-17-8(10)3/h5-6H,4,13H2,1-3H3,(H,14,15,16). The van der Waals surface area contributed by atoms with Crippen LogP contribution in [0.5, 0.6) is 0 Å². The van der Waals surface area contributed by atoms with Crippen molar-refractivity contribution in [1.29, 1.82) is 0 Å². The van der Waals surface area contributed by atoms with E-state index in [4.69, 9.17) is 10.3 Å². The number of hydrogen-bond donors (Lipinski definition) is 2. The van der Waals surface area contributed by atoms with E-state index in [1.54, 1.807) is 6.26 Å². The van der Waals surface area contributed by atoms with Gasteiger partial charge in [0, 0.05) is 11.3 Å². The number of hydrazine groups is 1. The van der Waals surface area contributed by atoms with Gasteiger partial charge in [0.2, 0.25) is 0 Å². The topological polar surface area (TPSA) is 77.0 Å². The lowest BCUT2D eigenvalue weighted by molar-refractivity contribution is 0.535. The zero-order chi connectivity index (χ0) is 12.4. The van der Waals surface area contributed by atoms with Crippen LogP contribution in [0.2, 0.25) is 0 Å². The number of nitrogens with zero attached hydrogens (tertiary/aromatic N) is 2. The predicted octanol–water partition coefficient (Wildman–Crippen LogP) is 2.20. The van der Waals surface area contributed by atoms with E-state index in [9.17, 15) is 0 Å². The minimum absolute atomic E-state index is 0.638. The second kappa shape index (κ2) is 4.55. The first-order chi connectivity index (χ1) is 8.17. The molecule has 0 radical (unpaired) electrons. The maximum atomic E-state index is 5.49. The highest BCUT2D eigenvalue weighted by molar-refractivity contribution is 5.61. The van der Waals surface area contributed by atoms with E-state index in [-0.39, 0.29) is 0 Å². The van der Waals surface area contributed by atoms with Gasteiger partial charge in [-0.15, -0.1) is 0 Å². The molecule has 2 rings (SSSR count). The average molecular weight is 232 g/mol. The summed E-state index contributed by atoms with van der Waals surface area (Å²) in [6, 6.07) is 1.86. The zero-order valence-corrected chi connectivity index (χ0v) is 10.2. The first kappa shape index (κ1) is 11.6. The number of nitrogens with two attached hydrogens (primary N) is 1. The minimum Gasteiger partial charge on any atom is -0.469 e. The number of furan rings is 1. The Labute approximate surface area is 100 Å². The monoisotopic (exact) mass is 232 g/mol. The second-order valence-electron chi connectivity index (χ2n) is 3.85. The van der Waals surface area contributed by atoms with Gasteiger partial charge in [-0.2, -0.15) is 0 Å². The molecule has 0 spiro atoms. The normalized spacial score (nSPS) is 10.6. The lowest BCUT2D eigenvalue weighted by atomic mass is 10.1. The van der Waals surface area contributed by atoms with Crippen LogP contribution >= 0.6 is 0 Å². The molecule has 0 bridgehead atoms. The Balaban J connectivity index is 2.58. The van der Waals surface area contributed by atoms with E-state index in [0.717, 1.165) is 29.0 Å². The fourth-order valence-electron chi connectivity index (χ4n) is 1.88. The molecule has 2 aromatic rings. The number of aromatic nitrogens is 2. The molecule has 0 saturated carbocycles. The highest BCUT2D eigenvalue weighted by atomic mass is 16.3. The van der Waals surface area contributed by atoms with Gasteiger partial charge in [0.1, 0.15) is 11.6 Å². The molecule has 0 aliphatic heterocycles. The van der Waals surface area contributed by atoms with Crippen LogP contribution in [0.1, 0.15) is 23.9 Å². The summed E-state index contributed by atoms with van der Waals surface area (Å²) in [5.74, 6) is 7.61. The highest BCUT2D eigenvalue weighted by Crippen LogP contribution is 2.25. The summed E-state index contributed by atoms with van der Waals surface area (Å²) in [6.07, 6.45) is 2.47. The average Bonchev–Trinajstić information content (AvgIpc) is 2.74. The highest BCUT2D eigenvalue weighted by Gasteiger charge is 2.13. The van der Waals surface area contributed by atoms with Crippen molar-refractivity contribution >= 4 is 5.82 Å².